The largest absolute Gasteiger partial charge is 0.491 e. The molecule has 0 aliphatic rings. The molecule has 5 nitrogen and oxygen atoms in total. The molecular formula is C36H52NO4+. The van der Waals surface area contributed by atoms with Gasteiger partial charge in [-0.1, -0.05) is 77.1 Å². The highest BCUT2D eigenvalue weighted by Gasteiger charge is 2.27. The summed E-state index contributed by atoms with van der Waals surface area (Å²) in [6, 6.07) is 27.1. The highest BCUT2D eigenvalue weighted by atomic mass is 16.5. The van der Waals surface area contributed by atoms with Crippen molar-refractivity contribution in [2.24, 2.45) is 5.41 Å². The Morgan fingerprint density at radius 3 is 1.73 bits per heavy atom. The number of nitrogens with zero attached hydrogens (tertiary/aromatic N) is 1. The van der Waals surface area contributed by atoms with Crippen molar-refractivity contribution in [3.8, 4) is 11.5 Å². The van der Waals surface area contributed by atoms with Crippen LogP contribution in [0.2, 0.25) is 0 Å². The summed E-state index contributed by atoms with van der Waals surface area (Å²) in [5.41, 5.74) is 4.23. The highest BCUT2D eigenvalue weighted by molar-refractivity contribution is 5.32. The molecule has 224 valence electrons. The minimum Gasteiger partial charge on any atom is -0.491 e. The third-order valence-electron chi connectivity index (χ3n) is 7.09. The number of benzene rings is 3. The number of rotatable bonds is 17. The molecule has 0 N–H and O–H groups in total. The van der Waals surface area contributed by atoms with Crippen molar-refractivity contribution >= 4 is 0 Å². The Morgan fingerprint density at radius 1 is 0.585 bits per heavy atom. The first-order chi connectivity index (χ1) is 19.4. The number of hydrogen-bond acceptors (Lipinski definition) is 4. The molecule has 0 atom stereocenters. The van der Waals surface area contributed by atoms with Gasteiger partial charge >= 0.3 is 0 Å². The molecule has 3 rings (SSSR count). The van der Waals surface area contributed by atoms with Gasteiger partial charge in [-0.25, -0.2) is 0 Å². The van der Waals surface area contributed by atoms with Crippen LogP contribution in [0.4, 0.5) is 0 Å². The van der Waals surface area contributed by atoms with Gasteiger partial charge in [0, 0.05) is 5.56 Å². The predicted molar refractivity (Wildman–Crippen MR) is 169 cm³/mol. The molecule has 41 heavy (non-hydrogen) atoms. The summed E-state index contributed by atoms with van der Waals surface area (Å²) in [6.07, 6.45) is 1.13. The average molecular weight is 563 g/mol. The van der Waals surface area contributed by atoms with Gasteiger partial charge in [0.2, 0.25) is 0 Å². The monoisotopic (exact) mass is 562 g/mol. The van der Waals surface area contributed by atoms with Crippen LogP contribution in [-0.2, 0) is 28.0 Å². The van der Waals surface area contributed by atoms with E-state index in [1.165, 1.54) is 16.7 Å². The second-order valence-electron chi connectivity index (χ2n) is 13.5. The van der Waals surface area contributed by atoms with Crippen molar-refractivity contribution in [2.75, 3.05) is 53.7 Å². The van der Waals surface area contributed by atoms with Gasteiger partial charge in [-0.3, -0.25) is 0 Å². The van der Waals surface area contributed by atoms with Crippen LogP contribution in [0.3, 0.4) is 0 Å². The van der Waals surface area contributed by atoms with E-state index in [-0.39, 0.29) is 5.41 Å². The van der Waals surface area contributed by atoms with E-state index >= 15 is 0 Å². The van der Waals surface area contributed by atoms with E-state index < -0.39 is 0 Å². The molecule has 0 radical (unpaired) electrons. The zero-order chi connectivity index (χ0) is 29.8. The normalized spacial score (nSPS) is 12.4. The molecule has 0 spiro atoms. The zero-order valence-electron chi connectivity index (χ0n) is 26.4. The average Bonchev–Trinajstić information content (AvgIpc) is 2.91. The lowest BCUT2D eigenvalue weighted by Crippen LogP contribution is -2.41. The number of ether oxygens (including phenoxy) is 4. The van der Waals surface area contributed by atoms with Crippen LogP contribution >= 0.6 is 0 Å². The lowest BCUT2D eigenvalue weighted by Gasteiger charge is -2.33. The fourth-order valence-electron chi connectivity index (χ4n) is 5.31. The maximum atomic E-state index is 5.93. The van der Waals surface area contributed by atoms with E-state index in [0.29, 0.717) is 45.1 Å². The van der Waals surface area contributed by atoms with Crippen LogP contribution in [-0.4, -0.2) is 58.2 Å². The van der Waals surface area contributed by atoms with Gasteiger partial charge in [0.05, 0.1) is 40.5 Å². The molecular weight excluding hydrogens is 510 g/mol. The molecule has 5 heteroatoms. The smallest absolute Gasteiger partial charge is 0.119 e. The molecule has 0 aromatic heterocycles. The Labute approximate surface area is 249 Å². The summed E-state index contributed by atoms with van der Waals surface area (Å²) in [6.45, 7) is 16.9. The van der Waals surface area contributed by atoms with Gasteiger partial charge in [0.1, 0.15) is 37.8 Å². The Hall–Kier alpha value is -2.86. The van der Waals surface area contributed by atoms with Gasteiger partial charge in [0.15, 0.2) is 0 Å². The van der Waals surface area contributed by atoms with E-state index in [4.69, 9.17) is 18.9 Å². The lowest BCUT2D eigenvalue weighted by molar-refractivity contribution is -0.904. The van der Waals surface area contributed by atoms with Crippen molar-refractivity contribution in [1.29, 1.82) is 0 Å². The zero-order valence-corrected chi connectivity index (χ0v) is 26.4. The lowest BCUT2D eigenvalue weighted by atomic mass is 9.72. The summed E-state index contributed by atoms with van der Waals surface area (Å²) in [4.78, 5) is 0. The molecule has 0 heterocycles. The Morgan fingerprint density at radius 2 is 1.15 bits per heavy atom. The second kappa shape index (κ2) is 15.4. The first kappa shape index (κ1) is 32.7. The van der Waals surface area contributed by atoms with Crippen molar-refractivity contribution in [2.45, 2.75) is 59.6 Å². The van der Waals surface area contributed by atoms with E-state index in [0.717, 1.165) is 35.5 Å². The second-order valence-corrected chi connectivity index (χ2v) is 13.5. The third-order valence-corrected chi connectivity index (χ3v) is 7.09. The van der Waals surface area contributed by atoms with E-state index in [9.17, 15) is 0 Å². The number of likely N-dealkylation sites (N-methyl/N-ethyl adjacent to an activating group) is 1. The quantitative estimate of drug-likeness (QED) is 0.125. The van der Waals surface area contributed by atoms with Crippen molar-refractivity contribution in [3.63, 3.8) is 0 Å². The van der Waals surface area contributed by atoms with Crippen molar-refractivity contribution in [1.82, 2.24) is 0 Å². The molecule has 0 saturated carbocycles. The first-order valence-corrected chi connectivity index (χ1v) is 14.9. The predicted octanol–water partition coefficient (Wildman–Crippen LogP) is 7.67. The molecule has 0 amide bonds. The van der Waals surface area contributed by atoms with Gasteiger partial charge < -0.3 is 23.4 Å². The van der Waals surface area contributed by atoms with Crippen LogP contribution in [0, 0.1) is 5.41 Å². The number of quaternary nitrogens is 1. The molecule has 3 aromatic carbocycles. The minimum absolute atomic E-state index is 0.138. The fourth-order valence-corrected chi connectivity index (χ4v) is 5.31. The number of hydrogen-bond donors (Lipinski definition) is 0. The molecule has 0 aliphatic heterocycles. The third kappa shape index (κ3) is 12.7. The van der Waals surface area contributed by atoms with Crippen LogP contribution in [0.15, 0.2) is 78.9 Å². The molecule has 0 saturated heterocycles. The summed E-state index contributed by atoms with van der Waals surface area (Å²) in [7, 11) is 4.47. The summed E-state index contributed by atoms with van der Waals surface area (Å²) < 4.78 is 24.2. The van der Waals surface area contributed by atoms with E-state index in [1.807, 2.05) is 30.3 Å². The first-order valence-electron chi connectivity index (χ1n) is 14.9. The van der Waals surface area contributed by atoms with Gasteiger partial charge in [-0.15, -0.1) is 0 Å². The van der Waals surface area contributed by atoms with Crippen LogP contribution in [0.25, 0.3) is 0 Å². The summed E-state index contributed by atoms with van der Waals surface area (Å²) >= 11 is 0. The minimum atomic E-state index is 0.138. The fraction of sp³-hybridized carbons (Fsp3) is 0.500. The van der Waals surface area contributed by atoms with Gasteiger partial charge in [0.25, 0.3) is 0 Å². The van der Waals surface area contributed by atoms with Crippen LogP contribution in [0.1, 0.15) is 57.7 Å². The van der Waals surface area contributed by atoms with E-state index in [2.05, 4.69) is 97.2 Å². The van der Waals surface area contributed by atoms with Crippen molar-refractivity contribution in [3.05, 3.63) is 95.6 Å². The molecule has 0 unspecified atom stereocenters. The Bertz CT molecular complexity index is 1130. The molecule has 0 aliphatic carbocycles. The van der Waals surface area contributed by atoms with Crippen LogP contribution in [0.5, 0.6) is 11.5 Å². The van der Waals surface area contributed by atoms with Gasteiger partial charge in [-0.2, -0.15) is 0 Å². The SMILES string of the molecule is CC(C)(C)CC(C)(C)c1ccc(OCCOCC[N+](C)(C)Cc2ccc(OCCOCc3ccccc3)cc2)cc1. The molecule has 3 aromatic rings. The maximum absolute atomic E-state index is 5.93. The maximum Gasteiger partial charge on any atom is 0.119 e. The van der Waals surface area contributed by atoms with E-state index in [1.54, 1.807) is 0 Å². The summed E-state index contributed by atoms with van der Waals surface area (Å²) in [5.74, 6) is 1.76. The van der Waals surface area contributed by atoms with Crippen LogP contribution < -0.4 is 9.47 Å². The standard InChI is InChI=1S/C36H52NO4/c1-35(2,3)29-36(4,5)32-15-19-34(20-16-32)40-25-23-38-22-21-37(6,7)27-30-13-17-33(18-14-30)41-26-24-39-28-31-11-9-8-10-12-31/h8-20H,21-29H2,1-7H3/q+1. The Balaban J connectivity index is 1.28. The van der Waals surface area contributed by atoms with Crippen molar-refractivity contribution < 1.29 is 23.4 Å². The Kier molecular flexibility index (Phi) is 12.3. The highest BCUT2D eigenvalue weighted by Crippen LogP contribution is 2.36. The molecule has 0 bridgehead atoms. The topological polar surface area (TPSA) is 36.9 Å². The van der Waals surface area contributed by atoms with Gasteiger partial charge in [-0.05, 0) is 64.8 Å². The summed E-state index contributed by atoms with van der Waals surface area (Å²) in [5, 5.41) is 0. The molecule has 0 fully saturated rings.